The van der Waals surface area contributed by atoms with E-state index in [-0.39, 0.29) is 0 Å². The van der Waals surface area contributed by atoms with Gasteiger partial charge in [0.1, 0.15) is 0 Å². The number of piperidine rings is 1. The molecule has 1 aliphatic rings. The molecule has 1 fully saturated rings. The van der Waals surface area contributed by atoms with Crippen LogP contribution in [-0.4, -0.2) is 50.3 Å². The first-order chi connectivity index (χ1) is 7.63. The molecular weight excluding hydrogens is 200 g/mol. The van der Waals surface area contributed by atoms with E-state index in [9.17, 15) is 0 Å². The quantitative estimate of drug-likeness (QED) is 0.749. The number of hydrogen-bond donors (Lipinski definition) is 1. The van der Waals surface area contributed by atoms with Crippen LogP contribution in [0, 0.1) is 5.92 Å². The molecule has 3 unspecified atom stereocenters. The lowest BCUT2D eigenvalue weighted by Gasteiger charge is -2.36. The number of rotatable bonds is 6. The van der Waals surface area contributed by atoms with Gasteiger partial charge in [-0.2, -0.15) is 0 Å². The van der Waals surface area contributed by atoms with Gasteiger partial charge >= 0.3 is 0 Å². The van der Waals surface area contributed by atoms with Gasteiger partial charge in [0.05, 0.1) is 6.61 Å². The molecule has 1 aliphatic heterocycles. The first kappa shape index (κ1) is 13.9. The van der Waals surface area contributed by atoms with Crippen molar-refractivity contribution >= 4 is 0 Å². The Balaban J connectivity index is 2.12. The minimum Gasteiger partial charge on any atom is -0.383 e. The number of methoxy groups -OCH3 is 1. The largest absolute Gasteiger partial charge is 0.383 e. The van der Waals surface area contributed by atoms with E-state index in [2.05, 4.69) is 31.0 Å². The molecule has 0 saturated carbocycles. The van der Waals surface area contributed by atoms with E-state index >= 15 is 0 Å². The lowest BCUT2D eigenvalue weighted by molar-refractivity contribution is 0.125. The fourth-order valence-electron chi connectivity index (χ4n) is 2.55. The average molecular weight is 228 g/mol. The van der Waals surface area contributed by atoms with E-state index in [1.54, 1.807) is 7.11 Å². The van der Waals surface area contributed by atoms with Gasteiger partial charge < -0.3 is 10.1 Å². The van der Waals surface area contributed by atoms with Crippen LogP contribution in [0.1, 0.15) is 33.6 Å². The summed E-state index contributed by atoms with van der Waals surface area (Å²) >= 11 is 0. The number of nitrogens with one attached hydrogen (secondary N) is 1. The second kappa shape index (κ2) is 7.25. The molecular formula is C13H28N2O. The molecule has 1 saturated heterocycles. The van der Waals surface area contributed by atoms with Gasteiger partial charge in [-0.3, -0.25) is 4.90 Å². The Bertz CT molecular complexity index is 187. The average Bonchev–Trinajstić information content (AvgIpc) is 2.22. The van der Waals surface area contributed by atoms with Gasteiger partial charge in [-0.25, -0.2) is 0 Å². The number of hydrogen-bond acceptors (Lipinski definition) is 3. The van der Waals surface area contributed by atoms with E-state index in [4.69, 9.17) is 4.74 Å². The second-order valence-corrected chi connectivity index (χ2v) is 5.33. The van der Waals surface area contributed by atoms with Crippen molar-refractivity contribution < 1.29 is 4.74 Å². The van der Waals surface area contributed by atoms with Crippen LogP contribution in [0.25, 0.3) is 0 Å². The van der Waals surface area contributed by atoms with E-state index in [1.807, 2.05) is 0 Å². The predicted molar refractivity (Wildman–Crippen MR) is 68.8 cm³/mol. The van der Waals surface area contributed by atoms with Crippen LogP contribution >= 0.6 is 0 Å². The maximum Gasteiger partial charge on any atom is 0.0613 e. The molecule has 0 spiro atoms. The maximum absolute atomic E-state index is 5.11. The molecule has 0 aromatic carbocycles. The summed E-state index contributed by atoms with van der Waals surface area (Å²) in [5.41, 5.74) is 0. The summed E-state index contributed by atoms with van der Waals surface area (Å²) in [4.78, 5) is 2.60. The summed E-state index contributed by atoms with van der Waals surface area (Å²) in [5, 5.41) is 3.50. The van der Waals surface area contributed by atoms with E-state index in [0.29, 0.717) is 6.04 Å². The summed E-state index contributed by atoms with van der Waals surface area (Å²) in [7, 11) is 1.76. The van der Waals surface area contributed by atoms with Crippen LogP contribution in [0.5, 0.6) is 0 Å². The summed E-state index contributed by atoms with van der Waals surface area (Å²) in [6, 6.07) is 1.22. The second-order valence-electron chi connectivity index (χ2n) is 5.33. The first-order valence-corrected chi connectivity index (χ1v) is 6.59. The molecule has 1 N–H and O–H groups in total. The first-order valence-electron chi connectivity index (χ1n) is 6.59. The van der Waals surface area contributed by atoms with Crippen molar-refractivity contribution in [3.8, 4) is 0 Å². The third-order valence-electron chi connectivity index (χ3n) is 3.58. The third kappa shape index (κ3) is 4.81. The zero-order valence-electron chi connectivity index (χ0n) is 11.3. The Morgan fingerprint density at radius 1 is 1.44 bits per heavy atom. The number of nitrogens with zero attached hydrogens (tertiary/aromatic N) is 1. The molecule has 1 heterocycles. The standard InChI is InChI=1S/C13H28N2O/c1-11-5-7-15(13(3)9-11)8-6-14-12(2)10-16-4/h11-14H,5-10H2,1-4H3. The molecule has 0 radical (unpaired) electrons. The highest BCUT2D eigenvalue weighted by Crippen LogP contribution is 2.21. The normalized spacial score (nSPS) is 29.2. The summed E-state index contributed by atoms with van der Waals surface area (Å²) in [6.45, 7) is 11.2. The van der Waals surface area contributed by atoms with Crippen molar-refractivity contribution in [1.29, 1.82) is 0 Å². The van der Waals surface area contributed by atoms with E-state index in [1.165, 1.54) is 25.9 Å². The molecule has 0 amide bonds. The van der Waals surface area contributed by atoms with Crippen LogP contribution in [0.2, 0.25) is 0 Å². The van der Waals surface area contributed by atoms with Gasteiger partial charge in [-0.1, -0.05) is 6.92 Å². The van der Waals surface area contributed by atoms with Crippen LogP contribution in [0.3, 0.4) is 0 Å². The van der Waals surface area contributed by atoms with E-state index < -0.39 is 0 Å². The Morgan fingerprint density at radius 3 is 2.81 bits per heavy atom. The Hall–Kier alpha value is -0.120. The SMILES string of the molecule is COCC(C)NCCN1CCC(C)CC1C. The molecule has 1 rings (SSSR count). The molecule has 0 aromatic rings. The number of ether oxygens (including phenoxy) is 1. The highest BCUT2D eigenvalue weighted by Gasteiger charge is 2.21. The maximum atomic E-state index is 5.11. The van der Waals surface area contributed by atoms with Gasteiger partial charge in [0.15, 0.2) is 0 Å². The van der Waals surface area contributed by atoms with Gasteiger partial charge in [0.2, 0.25) is 0 Å². The highest BCUT2D eigenvalue weighted by atomic mass is 16.5. The molecule has 0 bridgehead atoms. The van der Waals surface area contributed by atoms with Crippen LogP contribution < -0.4 is 5.32 Å². The van der Waals surface area contributed by atoms with Crippen molar-refractivity contribution in [2.45, 2.75) is 45.7 Å². The van der Waals surface area contributed by atoms with Gasteiger partial charge in [-0.15, -0.1) is 0 Å². The molecule has 3 nitrogen and oxygen atoms in total. The minimum atomic E-state index is 0.462. The van der Waals surface area contributed by atoms with Crippen molar-refractivity contribution in [2.24, 2.45) is 5.92 Å². The Morgan fingerprint density at radius 2 is 2.19 bits per heavy atom. The molecule has 0 aromatic heterocycles. The zero-order chi connectivity index (χ0) is 12.0. The Labute approximate surface area is 101 Å². The topological polar surface area (TPSA) is 24.5 Å². The van der Waals surface area contributed by atoms with Crippen LogP contribution in [-0.2, 0) is 4.74 Å². The molecule has 3 heteroatoms. The molecule has 0 aliphatic carbocycles. The third-order valence-corrected chi connectivity index (χ3v) is 3.58. The van der Waals surface area contributed by atoms with Crippen molar-refractivity contribution in [2.75, 3.05) is 33.4 Å². The predicted octanol–water partition coefficient (Wildman–Crippen LogP) is 1.73. The van der Waals surface area contributed by atoms with Gasteiger partial charge in [0.25, 0.3) is 0 Å². The lowest BCUT2D eigenvalue weighted by atomic mass is 9.93. The number of likely N-dealkylation sites (tertiary alicyclic amines) is 1. The van der Waals surface area contributed by atoms with Crippen molar-refractivity contribution in [1.82, 2.24) is 10.2 Å². The Kier molecular flexibility index (Phi) is 6.32. The van der Waals surface area contributed by atoms with Crippen molar-refractivity contribution in [3.05, 3.63) is 0 Å². The monoisotopic (exact) mass is 228 g/mol. The summed E-state index contributed by atoms with van der Waals surface area (Å²) < 4.78 is 5.11. The van der Waals surface area contributed by atoms with Crippen LogP contribution in [0.4, 0.5) is 0 Å². The highest BCUT2D eigenvalue weighted by molar-refractivity contribution is 4.77. The van der Waals surface area contributed by atoms with E-state index in [0.717, 1.165) is 25.1 Å². The van der Waals surface area contributed by atoms with Crippen LogP contribution in [0.15, 0.2) is 0 Å². The summed E-state index contributed by atoms with van der Waals surface area (Å²) in [5.74, 6) is 0.909. The minimum absolute atomic E-state index is 0.462. The fraction of sp³-hybridized carbons (Fsp3) is 1.00. The molecule has 16 heavy (non-hydrogen) atoms. The smallest absolute Gasteiger partial charge is 0.0613 e. The fourth-order valence-corrected chi connectivity index (χ4v) is 2.55. The van der Waals surface area contributed by atoms with Crippen molar-refractivity contribution in [3.63, 3.8) is 0 Å². The molecule has 96 valence electrons. The summed E-state index contributed by atoms with van der Waals surface area (Å²) in [6.07, 6.45) is 2.71. The van der Waals surface area contributed by atoms with Gasteiger partial charge in [0, 0.05) is 32.3 Å². The molecule has 3 atom stereocenters. The zero-order valence-corrected chi connectivity index (χ0v) is 11.3. The van der Waals surface area contributed by atoms with Gasteiger partial charge in [-0.05, 0) is 39.2 Å². The lowest BCUT2D eigenvalue weighted by Crippen LogP contribution is -2.45.